The first-order chi connectivity index (χ1) is 10.2. The van der Waals surface area contributed by atoms with Gasteiger partial charge in [0.15, 0.2) is 0 Å². The van der Waals surface area contributed by atoms with Crippen molar-refractivity contribution in [3.8, 4) is 11.3 Å². The van der Waals surface area contributed by atoms with Crippen molar-refractivity contribution in [2.45, 2.75) is 10.6 Å². The smallest absolute Gasteiger partial charge is 0.104 e. The molecular weight excluding hydrogens is 430 g/mol. The van der Waals surface area contributed by atoms with Crippen molar-refractivity contribution < 1.29 is 0 Å². The summed E-state index contributed by atoms with van der Waals surface area (Å²) in [5.74, 6) is 0.898. The third-order valence-electron chi connectivity index (χ3n) is 2.83. The molecule has 106 valence electrons. The third-order valence-corrected chi connectivity index (χ3v) is 5.85. The Bertz CT molecular complexity index is 755. The largest absolute Gasteiger partial charge is 0.240 e. The summed E-state index contributed by atoms with van der Waals surface area (Å²) < 4.78 is 2.19. The van der Waals surface area contributed by atoms with E-state index in [1.54, 1.807) is 11.3 Å². The van der Waals surface area contributed by atoms with Crippen LogP contribution in [0.25, 0.3) is 11.3 Å². The van der Waals surface area contributed by atoms with Crippen molar-refractivity contribution in [1.29, 1.82) is 0 Å². The maximum atomic E-state index is 4.72. The normalized spacial score (nSPS) is 10.8. The second-order valence-electron chi connectivity index (χ2n) is 4.38. The number of nitrogens with zero attached hydrogens (tertiary/aromatic N) is 1. The summed E-state index contributed by atoms with van der Waals surface area (Å²) in [7, 11) is 0. The van der Waals surface area contributed by atoms with E-state index in [9.17, 15) is 0 Å². The standard InChI is InChI=1S/C16H11Br2NS2/c17-12-4-1-3-11(7-12)15-9-21-16(19-15)10-20-14-6-2-5-13(18)8-14/h1-9H,10H2. The van der Waals surface area contributed by atoms with Crippen LogP contribution in [0.3, 0.4) is 0 Å². The van der Waals surface area contributed by atoms with Crippen molar-refractivity contribution in [3.63, 3.8) is 0 Å². The fraction of sp³-hybridized carbons (Fsp3) is 0.0625. The van der Waals surface area contributed by atoms with E-state index < -0.39 is 0 Å². The molecule has 0 amide bonds. The Kier molecular flexibility index (Phi) is 5.16. The molecule has 2 aromatic carbocycles. The highest BCUT2D eigenvalue weighted by Gasteiger charge is 2.06. The maximum Gasteiger partial charge on any atom is 0.104 e. The van der Waals surface area contributed by atoms with Crippen LogP contribution >= 0.6 is 55.0 Å². The minimum Gasteiger partial charge on any atom is -0.240 e. The topological polar surface area (TPSA) is 12.9 Å². The van der Waals surface area contributed by atoms with E-state index >= 15 is 0 Å². The summed E-state index contributed by atoms with van der Waals surface area (Å²) in [6.45, 7) is 0. The van der Waals surface area contributed by atoms with Gasteiger partial charge in [-0.3, -0.25) is 0 Å². The van der Waals surface area contributed by atoms with E-state index in [2.05, 4.69) is 67.6 Å². The molecule has 0 spiro atoms. The lowest BCUT2D eigenvalue weighted by Gasteiger charge is -2.00. The molecule has 0 N–H and O–H groups in total. The van der Waals surface area contributed by atoms with Gasteiger partial charge < -0.3 is 0 Å². The van der Waals surface area contributed by atoms with Gasteiger partial charge in [0, 0.05) is 24.8 Å². The van der Waals surface area contributed by atoms with Gasteiger partial charge in [0.05, 0.1) is 11.4 Å². The highest BCUT2D eigenvalue weighted by Crippen LogP contribution is 2.29. The van der Waals surface area contributed by atoms with Crippen LogP contribution in [-0.2, 0) is 5.75 Å². The van der Waals surface area contributed by atoms with E-state index in [0.29, 0.717) is 0 Å². The molecule has 0 aliphatic carbocycles. The van der Waals surface area contributed by atoms with Gasteiger partial charge >= 0.3 is 0 Å². The SMILES string of the molecule is Brc1cccc(SCc2nc(-c3cccc(Br)c3)cs2)c1. The van der Waals surface area contributed by atoms with Crippen molar-refractivity contribution in [3.05, 3.63) is 67.9 Å². The van der Waals surface area contributed by atoms with Crippen molar-refractivity contribution >= 4 is 55.0 Å². The molecule has 0 bridgehead atoms. The zero-order valence-corrected chi connectivity index (χ0v) is 15.7. The van der Waals surface area contributed by atoms with Crippen molar-refractivity contribution in [2.75, 3.05) is 0 Å². The van der Waals surface area contributed by atoms with Crippen LogP contribution in [0.15, 0.2) is 67.8 Å². The minimum atomic E-state index is 0.898. The van der Waals surface area contributed by atoms with E-state index in [-0.39, 0.29) is 0 Å². The molecule has 0 saturated heterocycles. The molecule has 3 rings (SSSR count). The van der Waals surface area contributed by atoms with Crippen molar-refractivity contribution in [2.24, 2.45) is 0 Å². The number of aromatic nitrogens is 1. The molecule has 1 aromatic heterocycles. The van der Waals surface area contributed by atoms with Gasteiger partial charge in [0.25, 0.3) is 0 Å². The molecular formula is C16H11Br2NS2. The predicted molar refractivity (Wildman–Crippen MR) is 99.0 cm³/mol. The molecule has 0 atom stereocenters. The number of hydrogen-bond acceptors (Lipinski definition) is 3. The van der Waals surface area contributed by atoms with Crippen LogP contribution in [0, 0.1) is 0 Å². The van der Waals surface area contributed by atoms with Crippen LogP contribution < -0.4 is 0 Å². The zero-order chi connectivity index (χ0) is 14.7. The lowest BCUT2D eigenvalue weighted by molar-refractivity contribution is 1.26. The Hall–Kier alpha value is -0.620. The second kappa shape index (κ2) is 7.09. The fourth-order valence-corrected chi connectivity index (χ4v) is 4.59. The monoisotopic (exact) mass is 439 g/mol. The summed E-state index contributed by atoms with van der Waals surface area (Å²) in [5, 5.41) is 3.27. The number of thioether (sulfide) groups is 1. The minimum absolute atomic E-state index is 0.898. The first kappa shape index (κ1) is 15.3. The number of benzene rings is 2. The molecule has 0 aliphatic heterocycles. The molecule has 0 saturated carbocycles. The maximum absolute atomic E-state index is 4.72. The number of rotatable bonds is 4. The van der Waals surface area contributed by atoms with Crippen molar-refractivity contribution in [1.82, 2.24) is 4.98 Å². The van der Waals surface area contributed by atoms with Crippen LogP contribution in [0.4, 0.5) is 0 Å². The van der Waals surface area contributed by atoms with Gasteiger partial charge in [-0.1, -0.05) is 50.1 Å². The van der Waals surface area contributed by atoms with Crippen LogP contribution in [0.1, 0.15) is 5.01 Å². The Morgan fingerprint density at radius 3 is 2.52 bits per heavy atom. The molecule has 3 aromatic rings. The molecule has 0 radical (unpaired) electrons. The summed E-state index contributed by atoms with van der Waals surface area (Å²) in [5.41, 5.74) is 2.20. The quantitative estimate of drug-likeness (QED) is 0.422. The van der Waals surface area contributed by atoms with Crippen LogP contribution in [-0.4, -0.2) is 4.98 Å². The van der Waals surface area contributed by atoms with Gasteiger partial charge in [-0.15, -0.1) is 23.1 Å². The zero-order valence-electron chi connectivity index (χ0n) is 10.9. The Balaban J connectivity index is 1.71. The Morgan fingerprint density at radius 1 is 1.00 bits per heavy atom. The molecule has 0 fully saturated rings. The average molecular weight is 441 g/mol. The molecule has 1 heterocycles. The van der Waals surface area contributed by atoms with E-state index in [4.69, 9.17) is 4.98 Å². The summed E-state index contributed by atoms with van der Waals surface area (Å²) >= 11 is 10.5. The average Bonchev–Trinajstić information content (AvgIpc) is 2.94. The number of thiazole rings is 1. The van der Waals surface area contributed by atoms with Gasteiger partial charge in [-0.05, 0) is 30.3 Å². The first-order valence-electron chi connectivity index (χ1n) is 6.29. The van der Waals surface area contributed by atoms with Gasteiger partial charge in [-0.25, -0.2) is 4.98 Å². The van der Waals surface area contributed by atoms with Gasteiger partial charge in [0.1, 0.15) is 5.01 Å². The highest BCUT2D eigenvalue weighted by atomic mass is 79.9. The third kappa shape index (κ3) is 4.19. The summed E-state index contributed by atoms with van der Waals surface area (Å²) in [6, 6.07) is 16.6. The summed E-state index contributed by atoms with van der Waals surface area (Å²) in [4.78, 5) is 5.98. The fourth-order valence-electron chi connectivity index (χ4n) is 1.86. The lowest BCUT2D eigenvalue weighted by atomic mass is 10.2. The van der Waals surface area contributed by atoms with E-state index in [1.165, 1.54) is 4.90 Å². The molecule has 1 nitrogen and oxygen atoms in total. The predicted octanol–water partition coefficient (Wildman–Crippen LogP) is 6.63. The van der Waals surface area contributed by atoms with Crippen LogP contribution in [0.5, 0.6) is 0 Å². The van der Waals surface area contributed by atoms with E-state index in [1.807, 2.05) is 30.0 Å². The molecule has 0 unspecified atom stereocenters. The van der Waals surface area contributed by atoms with Gasteiger partial charge in [-0.2, -0.15) is 0 Å². The second-order valence-corrected chi connectivity index (χ2v) is 8.21. The first-order valence-corrected chi connectivity index (χ1v) is 9.74. The molecule has 5 heteroatoms. The van der Waals surface area contributed by atoms with Crippen LogP contribution in [0.2, 0.25) is 0 Å². The molecule has 0 aliphatic rings. The van der Waals surface area contributed by atoms with E-state index in [0.717, 1.165) is 31.0 Å². The Morgan fingerprint density at radius 2 is 1.76 bits per heavy atom. The summed E-state index contributed by atoms with van der Waals surface area (Å²) in [6.07, 6.45) is 0. The Labute approximate surface area is 149 Å². The number of halogens is 2. The highest BCUT2D eigenvalue weighted by molar-refractivity contribution is 9.10. The number of hydrogen-bond donors (Lipinski definition) is 0. The lowest BCUT2D eigenvalue weighted by Crippen LogP contribution is -1.82. The van der Waals surface area contributed by atoms with Gasteiger partial charge in [0.2, 0.25) is 0 Å². The molecule has 21 heavy (non-hydrogen) atoms.